The Balaban J connectivity index is 0.000000199. The molecular weight excluding hydrogens is 218 g/mol. The van der Waals surface area contributed by atoms with E-state index in [1.165, 1.54) is 57.8 Å². The Morgan fingerprint density at radius 3 is 1.94 bits per heavy atom. The summed E-state index contributed by atoms with van der Waals surface area (Å²) in [6.45, 7) is 6.72. The third kappa shape index (κ3) is 5.89. The van der Waals surface area contributed by atoms with Gasteiger partial charge >= 0.3 is 0 Å². The van der Waals surface area contributed by atoms with E-state index in [4.69, 9.17) is 5.26 Å². The van der Waals surface area contributed by atoms with E-state index in [1.807, 2.05) is 0 Å². The van der Waals surface area contributed by atoms with Crippen molar-refractivity contribution in [3.63, 3.8) is 0 Å². The minimum Gasteiger partial charge on any atom is -0.198 e. The summed E-state index contributed by atoms with van der Waals surface area (Å²) in [5.74, 6) is 2.85. The molecule has 2 aliphatic rings. The maximum atomic E-state index is 8.72. The van der Waals surface area contributed by atoms with Crippen LogP contribution in [0.3, 0.4) is 0 Å². The highest BCUT2D eigenvalue weighted by atomic mass is 14.3. The van der Waals surface area contributed by atoms with Crippen molar-refractivity contribution in [2.45, 2.75) is 78.6 Å². The van der Waals surface area contributed by atoms with Crippen molar-refractivity contribution >= 4 is 0 Å². The molecule has 3 unspecified atom stereocenters. The van der Waals surface area contributed by atoms with Gasteiger partial charge in [0.1, 0.15) is 0 Å². The van der Waals surface area contributed by atoms with Crippen LogP contribution in [0.15, 0.2) is 0 Å². The average Bonchev–Trinajstić information content (AvgIpc) is 2.39. The molecule has 0 heterocycles. The predicted molar refractivity (Wildman–Crippen MR) is 78.1 cm³/mol. The molecular formula is C17H31N. The van der Waals surface area contributed by atoms with Gasteiger partial charge in [-0.05, 0) is 37.5 Å². The number of nitriles is 1. The predicted octanol–water partition coefficient (Wildman–Crippen LogP) is 5.56. The van der Waals surface area contributed by atoms with Crippen LogP contribution in [-0.2, 0) is 0 Å². The van der Waals surface area contributed by atoms with Crippen molar-refractivity contribution < 1.29 is 0 Å². The standard InChI is InChI=1S/C10H17N.C7H14/c1-8-4-3-5-10(6-8)9(2)7-11;1-7-5-3-2-4-6-7/h8-10H,3-6H2,1-2H3;7H,2-6H2,1H3. The lowest BCUT2D eigenvalue weighted by Gasteiger charge is -2.27. The summed E-state index contributed by atoms with van der Waals surface area (Å²) in [5.41, 5.74) is 0. The van der Waals surface area contributed by atoms with Gasteiger partial charge in [-0.15, -0.1) is 0 Å². The summed E-state index contributed by atoms with van der Waals surface area (Å²) in [4.78, 5) is 0. The SMILES string of the molecule is CC1CCCC(C(C)C#N)C1.CC1CCCCC1. The number of hydrogen-bond donors (Lipinski definition) is 0. The van der Waals surface area contributed by atoms with Gasteiger partial charge in [-0.3, -0.25) is 0 Å². The summed E-state index contributed by atoms with van der Waals surface area (Å²) in [6.07, 6.45) is 12.7. The quantitative estimate of drug-likeness (QED) is 0.597. The lowest BCUT2D eigenvalue weighted by atomic mass is 9.77. The maximum absolute atomic E-state index is 8.72. The first-order valence-corrected chi connectivity index (χ1v) is 8.03. The Bertz CT molecular complexity index is 247. The molecule has 0 aromatic rings. The lowest BCUT2D eigenvalue weighted by Crippen LogP contribution is -2.18. The van der Waals surface area contributed by atoms with Crippen molar-refractivity contribution in [3.05, 3.63) is 0 Å². The second-order valence-electron chi connectivity index (χ2n) is 6.69. The van der Waals surface area contributed by atoms with Crippen LogP contribution in [0.2, 0.25) is 0 Å². The molecule has 0 bridgehead atoms. The first kappa shape index (κ1) is 15.5. The molecule has 2 aliphatic carbocycles. The Labute approximate surface area is 114 Å². The molecule has 0 N–H and O–H groups in total. The van der Waals surface area contributed by atoms with Gasteiger partial charge in [0.15, 0.2) is 0 Å². The molecule has 104 valence electrons. The van der Waals surface area contributed by atoms with E-state index < -0.39 is 0 Å². The van der Waals surface area contributed by atoms with Gasteiger partial charge < -0.3 is 0 Å². The van der Waals surface area contributed by atoms with Gasteiger partial charge in [0, 0.05) is 5.92 Å². The van der Waals surface area contributed by atoms with Gasteiger partial charge in [-0.2, -0.15) is 5.26 Å². The smallest absolute Gasteiger partial charge is 0.0655 e. The van der Waals surface area contributed by atoms with Crippen LogP contribution in [-0.4, -0.2) is 0 Å². The third-order valence-electron chi connectivity index (χ3n) is 4.78. The zero-order chi connectivity index (χ0) is 13.4. The molecule has 0 amide bonds. The van der Waals surface area contributed by atoms with Crippen LogP contribution < -0.4 is 0 Å². The van der Waals surface area contributed by atoms with Crippen molar-refractivity contribution in [2.24, 2.45) is 23.7 Å². The average molecular weight is 249 g/mol. The monoisotopic (exact) mass is 249 g/mol. The minimum atomic E-state index is 0.276. The Hall–Kier alpha value is -0.510. The number of nitrogens with zero attached hydrogens (tertiary/aromatic N) is 1. The minimum absolute atomic E-state index is 0.276. The molecule has 0 aromatic heterocycles. The molecule has 0 radical (unpaired) electrons. The molecule has 3 atom stereocenters. The van der Waals surface area contributed by atoms with Crippen LogP contribution in [0.5, 0.6) is 0 Å². The molecule has 0 aliphatic heterocycles. The third-order valence-corrected chi connectivity index (χ3v) is 4.78. The highest BCUT2D eigenvalue weighted by Gasteiger charge is 2.23. The largest absolute Gasteiger partial charge is 0.198 e. The zero-order valence-corrected chi connectivity index (χ0v) is 12.6. The van der Waals surface area contributed by atoms with E-state index in [-0.39, 0.29) is 5.92 Å². The first-order chi connectivity index (χ1) is 8.63. The molecule has 2 rings (SSSR count). The highest BCUT2D eigenvalue weighted by Crippen LogP contribution is 2.32. The molecule has 2 saturated carbocycles. The summed E-state index contributed by atoms with van der Waals surface area (Å²) < 4.78 is 0. The maximum Gasteiger partial charge on any atom is 0.0655 e. The van der Waals surface area contributed by atoms with E-state index in [9.17, 15) is 0 Å². The van der Waals surface area contributed by atoms with Crippen molar-refractivity contribution in [1.82, 2.24) is 0 Å². The first-order valence-electron chi connectivity index (χ1n) is 8.03. The summed E-state index contributed by atoms with van der Waals surface area (Å²) in [6, 6.07) is 2.36. The molecule has 1 heteroatoms. The fraction of sp³-hybridized carbons (Fsp3) is 0.941. The van der Waals surface area contributed by atoms with Gasteiger partial charge in [0.2, 0.25) is 0 Å². The fourth-order valence-electron chi connectivity index (χ4n) is 3.35. The van der Waals surface area contributed by atoms with E-state index in [2.05, 4.69) is 26.8 Å². The van der Waals surface area contributed by atoms with Crippen molar-refractivity contribution in [1.29, 1.82) is 5.26 Å². The molecule has 18 heavy (non-hydrogen) atoms. The molecule has 0 spiro atoms. The van der Waals surface area contributed by atoms with Gasteiger partial charge in [0.25, 0.3) is 0 Å². The number of hydrogen-bond acceptors (Lipinski definition) is 1. The second kappa shape index (κ2) is 8.57. The van der Waals surface area contributed by atoms with Crippen LogP contribution in [0, 0.1) is 35.0 Å². The summed E-state index contributed by atoms with van der Waals surface area (Å²) in [5, 5.41) is 8.72. The zero-order valence-electron chi connectivity index (χ0n) is 12.6. The Morgan fingerprint density at radius 1 is 0.889 bits per heavy atom. The van der Waals surface area contributed by atoms with Crippen molar-refractivity contribution in [2.75, 3.05) is 0 Å². The van der Waals surface area contributed by atoms with Crippen molar-refractivity contribution in [3.8, 4) is 6.07 Å². The molecule has 0 saturated heterocycles. The normalized spacial score (nSPS) is 30.8. The van der Waals surface area contributed by atoms with E-state index in [0.29, 0.717) is 5.92 Å². The van der Waals surface area contributed by atoms with E-state index in [0.717, 1.165) is 11.8 Å². The van der Waals surface area contributed by atoms with Gasteiger partial charge in [-0.25, -0.2) is 0 Å². The molecule has 2 fully saturated rings. The molecule has 0 aromatic carbocycles. The molecule has 1 nitrogen and oxygen atoms in total. The lowest BCUT2D eigenvalue weighted by molar-refractivity contribution is 0.244. The topological polar surface area (TPSA) is 23.8 Å². The van der Waals surface area contributed by atoms with Gasteiger partial charge in [0.05, 0.1) is 6.07 Å². The van der Waals surface area contributed by atoms with Gasteiger partial charge in [-0.1, -0.05) is 58.8 Å². The number of rotatable bonds is 1. The van der Waals surface area contributed by atoms with Crippen LogP contribution in [0.1, 0.15) is 78.6 Å². The second-order valence-corrected chi connectivity index (χ2v) is 6.69. The van der Waals surface area contributed by atoms with Crippen LogP contribution in [0.4, 0.5) is 0 Å². The van der Waals surface area contributed by atoms with Crippen LogP contribution in [0.25, 0.3) is 0 Å². The summed E-state index contributed by atoms with van der Waals surface area (Å²) >= 11 is 0. The van der Waals surface area contributed by atoms with Crippen LogP contribution >= 0.6 is 0 Å². The fourth-order valence-corrected chi connectivity index (χ4v) is 3.35. The Kier molecular flexibility index (Phi) is 7.40. The Morgan fingerprint density at radius 2 is 1.50 bits per heavy atom. The van der Waals surface area contributed by atoms with E-state index in [1.54, 1.807) is 0 Å². The highest BCUT2D eigenvalue weighted by molar-refractivity contribution is 4.87. The summed E-state index contributed by atoms with van der Waals surface area (Å²) in [7, 11) is 0. The van der Waals surface area contributed by atoms with E-state index >= 15 is 0 Å².